The van der Waals surface area contributed by atoms with E-state index in [9.17, 15) is 0 Å². The van der Waals surface area contributed by atoms with Gasteiger partial charge in [0.25, 0.3) is 0 Å². The molecule has 1 fully saturated rings. The fourth-order valence-corrected chi connectivity index (χ4v) is 2.37. The minimum absolute atomic E-state index is 0.355. The first-order chi connectivity index (χ1) is 8.08. The Bertz CT molecular complexity index is 421. The maximum atomic E-state index is 5.61. The summed E-state index contributed by atoms with van der Waals surface area (Å²) in [6.45, 7) is 5.41. The van der Waals surface area contributed by atoms with Crippen molar-refractivity contribution >= 4 is 22.9 Å². The molecule has 1 unspecified atom stereocenters. The normalized spacial score (nSPS) is 21.5. The van der Waals surface area contributed by atoms with Gasteiger partial charge in [-0.1, -0.05) is 12.2 Å². The summed E-state index contributed by atoms with van der Waals surface area (Å²) < 4.78 is 0. The van der Waals surface area contributed by atoms with E-state index < -0.39 is 0 Å². The van der Waals surface area contributed by atoms with Crippen LogP contribution in [0.25, 0.3) is 0 Å². The van der Waals surface area contributed by atoms with Gasteiger partial charge in [0.05, 0.1) is 5.69 Å². The molecule has 92 valence electrons. The van der Waals surface area contributed by atoms with Gasteiger partial charge in [-0.15, -0.1) is 0 Å². The summed E-state index contributed by atoms with van der Waals surface area (Å²) >= 11 is 4.96. The van der Waals surface area contributed by atoms with Crippen LogP contribution in [0.3, 0.4) is 0 Å². The Kier molecular flexibility index (Phi) is 3.59. The Morgan fingerprint density at radius 2 is 2.29 bits per heavy atom. The van der Waals surface area contributed by atoms with Crippen molar-refractivity contribution in [3.05, 3.63) is 24.0 Å². The molecule has 5 heteroatoms. The van der Waals surface area contributed by atoms with Gasteiger partial charge in [-0.25, -0.2) is 0 Å². The SMILES string of the molecule is CC1CN(C)CCN1c1ccnc(C(N)=S)c1. The molecule has 0 aromatic carbocycles. The lowest BCUT2D eigenvalue weighted by Crippen LogP contribution is -2.50. The van der Waals surface area contributed by atoms with Crippen LogP contribution in [0, 0.1) is 0 Å². The number of aromatic nitrogens is 1. The zero-order valence-corrected chi connectivity index (χ0v) is 11.1. The number of hydrogen-bond donors (Lipinski definition) is 1. The van der Waals surface area contributed by atoms with Crippen LogP contribution in [0.4, 0.5) is 5.69 Å². The van der Waals surface area contributed by atoms with E-state index in [1.165, 1.54) is 0 Å². The second-order valence-corrected chi connectivity index (χ2v) is 5.01. The summed E-state index contributed by atoms with van der Waals surface area (Å²) in [6, 6.07) is 4.49. The number of pyridine rings is 1. The minimum atomic E-state index is 0.355. The number of thiocarbonyl (C=S) groups is 1. The van der Waals surface area contributed by atoms with E-state index in [0.29, 0.717) is 16.7 Å². The van der Waals surface area contributed by atoms with Gasteiger partial charge in [0.15, 0.2) is 0 Å². The summed E-state index contributed by atoms with van der Waals surface area (Å²) in [7, 11) is 2.15. The van der Waals surface area contributed by atoms with E-state index in [2.05, 4.69) is 28.8 Å². The molecule has 0 saturated carbocycles. The van der Waals surface area contributed by atoms with E-state index in [1.54, 1.807) is 6.20 Å². The Labute approximate surface area is 107 Å². The molecule has 1 atom stereocenters. The van der Waals surface area contributed by atoms with Gasteiger partial charge in [-0.2, -0.15) is 0 Å². The van der Waals surface area contributed by atoms with E-state index in [1.807, 2.05) is 12.1 Å². The van der Waals surface area contributed by atoms with Gasteiger partial charge >= 0.3 is 0 Å². The van der Waals surface area contributed by atoms with Crippen molar-refractivity contribution in [2.45, 2.75) is 13.0 Å². The van der Waals surface area contributed by atoms with Crippen molar-refractivity contribution < 1.29 is 0 Å². The molecule has 0 amide bonds. The van der Waals surface area contributed by atoms with Crippen LogP contribution in [0.5, 0.6) is 0 Å². The number of rotatable bonds is 2. The lowest BCUT2D eigenvalue weighted by atomic mass is 10.1. The standard InChI is InChI=1S/C12H18N4S/c1-9-8-15(2)5-6-16(9)10-3-4-14-11(7-10)12(13)17/h3-4,7,9H,5-6,8H2,1-2H3,(H2,13,17). The van der Waals surface area contributed by atoms with E-state index in [4.69, 9.17) is 18.0 Å². The van der Waals surface area contributed by atoms with E-state index >= 15 is 0 Å². The van der Waals surface area contributed by atoms with E-state index in [0.717, 1.165) is 25.3 Å². The third kappa shape index (κ3) is 2.73. The number of hydrogen-bond acceptors (Lipinski definition) is 4. The van der Waals surface area contributed by atoms with Crippen LogP contribution < -0.4 is 10.6 Å². The fourth-order valence-electron chi connectivity index (χ4n) is 2.26. The van der Waals surface area contributed by atoms with Crippen molar-refractivity contribution in [1.29, 1.82) is 0 Å². The topological polar surface area (TPSA) is 45.4 Å². The van der Waals surface area contributed by atoms with Gasteiger partial charge in [-0.05, 0) is 26.1 Å². The molecule has 2 N–H and O–H groups in total. The molecule has 2 rings (SSSR count). The third-order valence-corrected chi connectivity index (χ3v) is 3.37. The summed E-state index contributed by atoms with van der Waals surface area (Å²) in [5.74, 6) is 0. The number of nitrogens with two attached hydrogens (primary N) is 1. The van der Waals surface area contributed by atoms with Crippen LogP contribution in [0.2, 0.25) is 0 Å². The predicted molar refractivity (Wildman–Crippen MR) is 74.4 cm³/mol. The van der Waals surface area contributed by atoms with Gasteiger partial charge < -0.3 is 15.5 Å². The van der Waals surface area contributed by atoms with Gasteiger partial charge in [0.2, 0.25) is 0 Å². The molecule has 1 aliphatic rings. The Hall–Kier alpha value is -1.20. The van der Waals surface area contributed by atoms with Crippen molar-refractivity contribution in [3.63, 3.8) is 0 Å². The minimum Gasteiger partial charge on any atom is -0.388 e. The molecular weight excluding hydrogens is 232 g/mol. The summed E-state index contributed by atoms with van der Waals surface area (Å²) in [5, 5.41) is 0. The number of likely N-dealkylation sites (N-methyl/N-ethyl adjacent to an activating group) is 1. The number of piperazine rings is 1. The maximum Gasteiger partial charge on any atom is 0.122 e. The first-order valence-electron chi connectivity index (χ1n) is 5.79. The Morgan fingerprint density at radius 3 is 2.94 bits per heavy atom. The summed E-state index contributed by atoms with van der Waals surface area (Å²) in [4.78, 5) is 9.25. The molecular formula is C12H18N4S. The first-order valence-corrected chi connectivity index (χ1v) is 6.20. The smallest absolute Gasteiger partial charge is 0.122 e. The molecule has 2 heterocycles. The molecule has 0 bridgehead atoms. The molecule has 1 aliphatic heterocycles. The Morgan fingerprint density at radius 1 is 1.53 bits per heavy atom. The van der Waals surface area contributed by atoms with Gasteiger partial charge in [0.1, 0.15) is 4.99 Å². The van der Waals surface area contributed by atoms with Crippen LogP contribution in [0.1, 0.15) is 12.6 Å². The molecule has 17 heavy (non-hydrogen) atoms. The molecule has 4 nitrogen and oxygen atoms in total. The van der Waals surface area contributed by atoms with Gasteiger partial charge in [0, 0.05) is 37.6 Å². The summed E-state index contributed by atoms with van der Waals surface area (Å²) in [5.41, 5.74) is 7.46. The quantitative estimate of drug-likeness (QED) is 0.789. The summed E-state index contributed by atoms with van der Waals surface area (Å²) in [6.07, 6.45) is 1.77. The monoisotopic (exact) mass is 250 g/mol. The van der Waals surface area contributed by atoms with Crippen molar-refractivity contribution in [3.8, 4) is 0 Å². The van der Waals surface area contributed by atoms with Crippen LogP contribution in [0.15, 0.2) is 18.3 Å². The highest BCUT2D eigenvalue weighted by Crippen LogP contribution is 2.20. The van der Waals surface area contributed by atoms with Crippen LogP contribution in [-0.2, 0) is 0 Å². The predicted octanol–water partition coefficient (Wildman–Crippen LogP) is 0.856. The molecule has 0 spiro atoms. The molecule has 1 saturated heterocycles. The maximum absolute atomic E-state index is 5.61. The van der Waals surface area contributed by atoms with Gasteiger partial charge in [-0.3, -0.25) is 4.98 Å². The molecule has 1 aromatic heterocycles. The average molecular weight is 250 g/mol. The zero-order valence-electron chi connectivity index (χ0n) is 10.3. The molecule has 0 aliphatic carbocycles. The highest BCUT2D eigenvalue weighted by atomic mass is 32.1. The van der Waals surface area contributed by atoms with Crippen molar-refractivity contribution in [1.82, 2.24) is 9.88 Å². The van der Waals surface area contributed by atoms with Crippen LogP contribution in [-0.4, -0.2) is 47.6 Å². The van der Waals surface area contributed by atoms with Crippen LogP contribution >= 0.6 is 12.2 Å². The lowest BCUT2D eigenvalue weighted by Gasteiger charge is -2.39. The first kappa shape index (κ1) is 12.3. The lowest BCUT2D eigenvalue weighted by molar-refractivity contribution is 0.275. The van der Waals surface area contributed by atoms with Crippen molar-refractivity contribution in [2.24, 2.45) is 5.73 Å². The number of nitrogens with zero attached hydrogens (tertiary/aromatic N) is 3. The average Bonchev–Trinajstić information content (AvgIpc) is 2.29. The Balaban J connectivity index is 2.22. The molecule has 0 radical (unpaired) electrons. The molecule has 1 aromatic rings. The second-order valence-electron chi connectivity index (χ2n) is 4.57. The zero-order chi connectivity index (χ0) is 12.4. The highest BCUT2D eigenvalue weighted by molar-refractivity contribution is 7.80. The number of anilines is 1. The highest BCUT2D eigenvalue weighted by Gasteiger charge is 2.21. The largest absolute Gasteiger partial charge is 0.388 e. The third-order valence-electron chi connectivity index (χ3n) is 3.16. The second kappa shape index (κ2) is 4.98. The van der Waals surface area contributed by atoms with Crippen molar-refractivity contribution in [2.75, 3.05) is 31.6 Å². The van der Waals surface area contributed by atoms with E-state index in [-0.39, 0.29) is 0 Å². The fraction of sp³-hybridized carbons (Fsp3) is 0.500.